The Morgan fingerprint density at radius 2 is 2.04 bits per heavy atom. The second kappa shape index (κ2) is 7.65. The molecule has 2 aromatic rings. The number of anilines is 1. The molecule has 0 bridgehead atoms. The van der Waals surface area contributed by atoms with Crippen molar-refractivity contribution in [2.45, 2.75) is 24.9 Å². The molecule has 2 atom stereocenters. The number of piperidine rings is 1. The third-order valence-electron chi connectivity index (χ3n) is 5.12. The van der Waals surface area contributed by atoms with Crippen molar-refractivity contribution in [3.63, 3.8) is 0 Å². The Morgan fingerprint density at radius 1 is 1.19 bits per heavy atom. The fourth-order valence-corrected chi connectivity index (χ4v) is 4.42. The molecule has 2 aromatic carbocycles. The van der Waals surface area contributed by atoms with Gasteiger partial charge in [0.1, 0.15) is 11.4 Å². The van der Waals surface area contributed by atoms with Gasteiger partial charge in [0.25, 0.3) is 0 Å². The molecule has 26 heavy (non-hydrogen) atoms. The van der Waals surface area contributed by atoms with Gasteiger partial charge in [0.2, 0.25) is 0 Å². The third-order valence-corrected chi connectivity index (χ3v) is 5.91. The first-order valence-corrected chi connectivity index (χ1v) is 9.70. The van der Waals surface area contributed by atoms with Crippen LogP contribution in [0.4, 0.5) is 5.69 Å². The van der Waals surface area contributed by atoms with E-state index in [0.29, 0.717) is 16.7 Å². The first-order valence-electron chi connectivity index (χ1n) is 8.94. The number of nitrogens with zero attached hydrogens (tertiary/aromatic N) is 1. The van der Waals surface area contributed by atoms with Crippen LogP contribution < -0.4 is 15.0 Å². The lowest BCUT2D eigenvalue weighted by Gasteiger charge is -2.43. The van der Waals surface area contributed by atoms with Crippen LogP contribution in [-0.2, 0) is 4.74 Å². The summed E-state index contributed by atoms with van der Waals surface area (Å²) in [6.07, 6.45) is 2.17. The minimum Gasteiger partial charge on any atom is -0.455 e. The lowest BCUT2D eigenvalue weighted by atomic mass is 9.89. The van der Waals surface area contributed by atoms with Crippen LogP contribution in [0.5, 0.6) is 11.5 Å². The fraction of sp³-hybridized carbons (Fsp3) is 0.400. The van der Waals surface area contributed by atoms with Crippen molar-refractivity contribution in [2.24, 2.45) is 0 Å². The molecule has 0 spiro atoms. The van der Waals surface area contributed by atoms with Crippen LogP contribution in [0.1, 0.15) is 24.4 Å². The minimum atomic E-state index is 0.133. The van der Waals surface area contributed by atoms with E-state index in [-0.39, 0.29) is 12.1 Å². The molecule has 0 aromatic heterocycles. The lowest BCUT2D eigenvalue weighted by Crippen LogP contribution is -2.49. The zero-order valence-corrected chi connectivity index (χ0v) is 16.2. The van der Waals surface area contributed by atoms with Crippen molar-refractivity contribution in [1.29, 1.82) is 0 Å². The Bertz CT molecular complexity index is 799. The molecule has 0 saturated carbocycles. The standard InChI is InChI=1S/C20H22Cl2N2O2/c1-25-12-10-23-15-6-4-11-24-19(15)13-5-2-3-7-16(13)26-17-9-8-14(21)18(22)20(17)24/h2-3,5,7-9,15,19,23H,4,6,10-12H2,1H3/t15-,19-/m0/s1. The summed E-state index contributed by atoms with van der Waals surface area (Å²) in [6, 6.07) is 12.3. The predicted octanol–water partition coefficient (Wildman–Crippen LogP) is 5.05. The number of hydrogen-bond donors (Lipinski definition) is 1. The van der Waals surface area contributed by atoms with E-state index < -0.39 is 0 Å². The van der Waals surface area contributed by atoms with E-state index in [1.54, 1.807) is 13.2 Å². The van der Waals surface area contributed by atoms with Crippen molar-refractivity contribution in [1.82, 2.24) is 5.32 Å². The molecule has 6 heteroatoms. The molecule has 0 radical (unpaired) electrons. The van der Waals surface area contributed by atoms with Crippen molar-refractivity contribution < 1.29 is 9.47 Å². The van der Waals surface area contributed by atoms with E-state index in [9.17, 15) is 0 Å². The van der Waals surface area contributed by atoms with Crippen LogP contribution in [0.3, 0.4) is 0 Å². The van der Waals surface area contributed by atoms with E-state index in [1.807, 2.05) is 18.2 Å². The lowest BCUT2D eigenvalue weighted by molar-refractivity contribution is 0.190. The molecule has 2 heterocycles. The Balaban J connectivity index is 1.82. The SMILES string of the molecule is COCCN[C@H]1CCCN2c3c(ccc(Cl)c3Cl)Oc3ccccc3[C@@H]12. The van der Waals surface area contributed by atoms with Gasteiger partial charge in [-0.2, -0.15) is 0 Å². The highest BCUT2D eigenvalue weighted by molar-refractivity contribution is 6.44. The Labute approximate surface area is 164 Å². The molecule has 4 rings (SSSR count). The molecule has 1 N–H and O–H groups in total. The van der Waals surface area contributed by atoms with Gasteiger partial charge >= 0.3 is 0 Å². The van der Waals surface area contributed by atoms with Gasteiger partial charge in [-0.3, -0.25) is 0 Å². The summed E-state index contributed by atoms with van der Waals surface area (Å²) in [4.78, 5) is 2.35. The average Bonchev–Trinajstić information content (AvgIpc) is 2.80. The maximum atomic E-state index is 6.63. The zero-order chi connectivity index (χ0) is 18.1. The summed E-state index contributed by atoms with van der Waals surface area (Å²) >= 11 is 13.0. The van der Waals surface area contributed by atoms with Crippen LogP contribution in [0, 0.1) is 0 Å². The summed E-state index contributed by atoms with van der Waals surface area (Å²) in [7, 11) is 1.72. The zero-order valence-electron chi connectivity index (χ0n) is 14.7. The van der Waals surface area contributed by atoms with Crippen LogP contribution in [0.15, 0.2) is 36.4 Å². The summed E-state index contributed by atoms with van der Waals surface area (Å²) in [5, 5.41) is 4.76. The number of hydrogen-bond acceptors (Lipinski definition) is 4. The first kappa shape index (κ1) is 17.9. The van der Waals surface area contributed by atoms with E-state index in [0.717, 1.165) is 43.1 Å². The average molecular weight is 393 g/mol. The van der Waals surface area contributed by atoms with E-state index >= 15 is 0 Å². The van der Waals surface area contributed by atoms with Gasteiger partial charge in [-0.1, -0.05) is 41.4 Å². The van der Waals surface area contributed by atoms with E-state index in [1.165, 1.54) is 5.56 Å². The summed E-state index contributed by atoms with van der Waals surface area (Å²) < 4.78 is 11.5. The largest absolute Gasteiger partial charge is 0.455 e. The first-order chi connectivity index (χ1) is 12.7. The van der Waals surface area contributed by atoms with Gasteiger partial charge in [-0.25, -0.2) is 0 Å². The minimum absolute atomic E-state index is 0.133. The van der Waals surface area contributed by atoms with Gasteiger partial charge in [0.05, 0.1) is 22.7 Å². The molecule has 0 amide bonds. The van der Waals surface area contributed by atoms with Crippen molar-refractivity contribution in [2.75, 3.05) is 31.7 Å². The van der Waals surface area contributed by atoms with Crippen LogP contribution in [-0.4, -0.2) is 32.8 Å². The number of fused-ring (bicyclic) bond motifs is 5. The maximum Gasteiger partial charge on any atom is 0.152 e. The normalized spacial score (nSPS) is 21.3. The Hall–Kier alpha value is -1.46. The smallest absolute Gasteiger partial charge is 0.152 e. The van der Waals surface area contributed by atoms with Gasteiger partial charge in [0.15, 0.2) is 5.75 Å². The second-order valence-electron chi connectivity index (χ2n) is 6.68. The van der Waals surface area contributed by atoms with Crippen molar-refractivity contribution in [3.05, 3.63) is 52.0 Å². The van der Waals surface area contributed by atoms with Gasteiger partial charge in [0, 0.05) is 31.8 Å². The monoisotopic (exact) mass is 392 g/mol. The van der Waals surface area contributed by atoms with E-state index in [2.05, 4.69) is 22.3 Å². The number of nitrogens with one attached hydrogen (secondary N) is 1. The second-order valence-corrected chi connectivity index (χ2v) is 7.47. The molecule has 138 valence electrons. The number of rotatable bonds is 4. The molecule has 1 saturated heterocycles. The van der Waals surface area contributed by atoms with Gasteiger partial charge in [-0.05, 0) is 31.0 Å². The van der Waals surface area contributed by atoms with Crippen LogP contribution in [0.2, 0.25) is 10.0 Å². The van der Waals surface area contributed by atoms with Crippen molar-refractivity contribution >= 4 is 28.9 Å². The Kier molecular flexibility index (Phi) is 5.28. The fourth-order valence-electron chi connectivity index (χ4n) is 4.00. The molecule has 1 fully saturated rings. The maximum absolute atomic E-state index is 6.63. The Morgan fingerprint density at radius 3 is 2.88 bits per heavy atom. The molecule has 0 unspecified atom stereocenters. The molecule has 2 aliphatic rings. The highest BCUT2D eigenvalue weighted by Gasteiger charge is 2.38. The third kappa shape index (κ3) is 3.16. The number of benzene rings is 2. The molecular weight excluding hydrogens is 371 g/mol. The topological polar surface area (TPSA) is 33.7 Å². The number of ether oxygens (including phenoxy) is 2. The summed E-state index contributed by atoms with van der Waals surface area (Å²) in [6.45, 7) is 2.41. The predicted molar refractivity (Wildman–Crippen MR) is 106 cm³/mol. The van der Waals surface area contributed by atoms with Gasteiger partial charge < -0.3 is 19.7 Å². The molecular formula is C20H22Cl2N2O2. The highest BCUT2D eigenvalue weighted by atomic mass is 35.5. The quantitative estimate of drug-likeness (QED) is 0.738. The summed E-state index contributed by atoms with van der Waals surface area (Å²) in [5.74, 6) is 1.63. The number of halogens is 2. The van der Waals surface area contributed by atoms with Gasteiger partial charge in [-0.15, -0.1) is 0 Å². The number of methoxy groups -OCH3 is 1. The highest BCUT2D eigenvalue weighted by Crippen LogP contribution is 2.51. The summed E-state index contributed by atoms with van der Waals surface area (Å²) in [5.41, 5.74) is 2.06. The molecule has 0 aliphatic carbocycles. The number of para-hydroxylation sites is 1. The molecule has 4 nitrogen and oxygen atoms in total. The van der Waals surface area contributed by atoms with Crippen molar-refractivity contribution in [3.8, 4) is 11.5 Å². The van der Waals surface area contributed by atoms with E-state index in [4.69, 9.17) is 32.7 Å². The van der Waals surface area contributed by atoms with Crippen LogP contribution >= 0.6 is 23.2 Å². The molecule has 2 aliphatic heterocycles. The van der Waals surface area contributed by atoms with Crippen LogP contribution in [0.25, 0.3) is 0 Å².